The molecule has 0 aliphatic carbocycles. The number of halogens is 3. The molecule has 2 aromatic rings. The maximum atomic E-state index is 13.5. The third kappa shape index (κ3) is 4.62. The van der Waals surface area contributed by atoms with Gasteiger partial charge in [-0.3, -0.25) is 0 Å². The Labute approximate surface area is 169 Å². The summed E-state index contributed by atoms with van der Waals surface area (Å²) in [6.45, 7) is 7.31. The van der Waals surface area contributed by atoms with Gasteiger partial charge in [0.15, 0.2) is 6.20 Å². The van der Waals surface area contributed by atoms with Gasteiger partial charge in [-0.1, -0.05) is 45.6 Å². The van der Waals surface area contributed by atoms with E-state index in [1.807, 2.05) is 17.8 Å². The van der Waals surface area contributed by atoms with Crippen LogP contribution in [-0.2, 0) is 13.4 Å². The van der Waals surface area contributed by atoms with E-state index in [4.69, 9.17) is 6.85 Å². The topological polar surface area (TPSA) is 3.88 Å². The van der Waals surface area contributed by atoms with Crippen molar-refractivity contribution in [3.63, 3.8) is 0 Å². The van der Waals surface area contributed by atoms with Crippen molar-refractivity contribution in [1.82, 2.24) is 0 Å². The second-order valence-corrected chi connectivity index (χ2v) is 13.7. The first-order valence-corrected chi connectivity index (χ1v) is 12.4. The Morgan fingerprint density at radius 1 is 1.11 bits per heavy atom. The van der Waals surface area contributed by atoms with E-state index in [-0.39, 0.29) is 11.1 Å². The molecule has 0 radical (unpaired) electrons. The van der Waals surface area contributed by atoms with Gasteiger partial charge in [0.1, 0.15) is 7.05 Å². The molecule has 0 saturated heterocycles. The van der Waals surface area contributed by atoms with E-state index in [2.05, 4.69) is 19.6 Å². The molecule has 0 unspecified atom stereocenters. The molecule has 1 aromatic heterocycles. The number of nitrogens with zero attached hydrogens (tertiary/aromatic N) is 1. The molecule has 1 aromatic carbocycles. The van der Waals surface area contributed by atoms with Crippen molar-refractivity contribution in [2.75, 3.05) is 0 Å². The molecule has 1 heterocycles. The average Bonchev–Trinajstić information content (AvgIpc) is 2.58. The van der Waals surface area contributed by atoms with Gasteiger partial charge in [0, 0.05) is 23.7 Å². The van der Waals surface area contributed by atoms with Crippen LogP contribution in [0.15, 0.2) is 30.5 Å². The van der Waals surface area contributed by atoms with E-state index in [0.717, 1.165) is 19.0 Å². The summed E-state index contributed by atoms with van der Waals surface area (Å²) in [5, 5.41) is 0.821. The second-order valence-electron chi connectivity index (χ2n) is 8.62. The van der Waals surface area contributed by atoms with Crippen LogP contribution < -0.4 is 9.75 Å². The highest BCUT2D eigenvalue weighted by Crippen LogP contribution is 2.40. The lowest BCUT2D eigenvalue weighted by Gasteiger charge is -2.28. The number of benzene rings is 1. The van der Waals surface area contributed by atoms with Gasteiger partial charge in [0.2, 0.25) is 5.69 Å². The Bertz CT molecular complexity index is 1020. The molecule has 148 valence electrons. The maximum Gasteiger partial charge on any atom is 0.394 e. The van der Waals surface area contributed by atoms with E-state index >= 15 is 0 Å². The zero-order valence-electron chi connectivity index (χ0n) is 22.0. The SMILES string of the molecule is [2H]C([2H])([2H])c1cc(-c2ccc(C([2H])([2H])C(C)(C)C(F)(F)F)cc2C)[n+](C)cc1[Si](C)(C)C. The molecule has 0 bridgehead atoms. The summed E-state index contributed by atoms with van der Waals surface area (Å²) >= 11 is 0. The molecular weight excluding hydrogens is 363 g/mol. The molecule has 0 N–H and O–H groups in total. The number of aromatic nitrogens is 1. The Hall–Kier alpha value is -1.62. The minimum Gasteiger partial charge on any atom is -0.201 e. The molecule has 0 aliphatic heterocycles. The van der Waals surface area contributed by atoms with Gasteiger partial charge in [-0.25, -0.2) is 4.57 Å². The van der Waals surface area contributed by atoms with E-state index in [0.29, 0.717) is 16.8 Å². The Balaban J connectivity index is 2.70. The van der Waals surface area contributed by atoms with Gasteiger partial charge in [-0.15, -0.1) is 0 Å². The Morgan fingerprint density at radius 3 is 2.22 bits per heavy atom. The largest absolute Gasteiger partial charge is 0.394 e. The highest BCUT2D eigenvalue weighted by atomic mass is 28.3. The van der Waals surface area contributed by atoms with Crippen LogP contribution in [0.5, 0.6) is 0 Å². The predicted molar refractivity (Wildman–Crippen MR) is 109 cm³/mol. The average molecular weight is 400 g/mol. The van der Waals surface area contributed by atoms with E-state index in [9.17, 15) is 13.2 Å². The molecule has 0 aliphatic rings. The summed E-state index contributed by atoms with van der Waals surface area (Å²) < 4.78 is 82.8. The van der Waals surface area contributed by atoms with Crippen LogP contribution in [0.2, 0.25) is 19.6 Å². The molecule has 0 spiro atoms. The molecular formula is C22H31F3NSi+. The van der Waals surface area contributed by atoms with Crippen LogP contribution in [0.1, 0.15) is 37.4 Å². The Kier molecular flexibility index (Phi) is 4.02. The van der Waals surface area contributed by atoms with Crippen molar-refractivity contribution < 1.29 is 24.6 Å². The second kappa shape index (κ2) is 7.08. The first kappa shape index (κ1) is 15.3. The normalized spacial score (nSPS) is 16.9. The van der Waals surface area contributed by atoms with Gasteiger partial charge in [-0.2, -0.15) is 13.2 Å². The van der Waals surface area contributed by atoms with E-state index < -0.39 is 32.9 Å². The van der Waals surface area contributed by atoms with Gasteiger partial charge in [0.05, 0.1) is 13.5 Å². The molecule has 1 nitrogen and oxygen atoms in total. The van der Waals surface area contributed by atoms with Crippen molar-refractivity contribution in [2.45, 2.75) is 59.8 Å². The zero-order valence-corrected chi connectivity index (χ0v) is 18.0. The minimum absolute atomic E-state index is 0.0708. The number of hydrogen-bond acceptors (Lipinski definition) is 0. The molecule has 0 amide bonds. The standard InChI is InChI=1S/C22H31F3NSi/c1-15-11-17(13-21(3,4)22(23,24)25)9-10-18(15)19-12-16(2)20(14-26(19)5)27(6,7)8/h9-12,14H,13H2,1-8H3/q+1/i2D3,13D2. The molecule has 27 heavy (non-hydrogen) atoms. The number of rotatable bonds is 4. The van der Waals surface area contributed by atoms with Crippen molar-refractivity contribution >= 4 is 13.3 Å². The zero-order chi connectivity index (χ0) is 25.1. The van der Waals surface area contributed by atoms with Crippen LogP contribution in [0.3, 0.4) is 0 Å². The summed E-state index contributed by atoms with van der Waals surface area (Å²) in [5.74, 6) is 0. The van der Waals surface area contributed by atoms with E-state index in [1.54, 1.807) is 19.1 Å². The fourth-order valence-electron chi connectivity index (χ4n) is 2.97. The highest BCUT2D eigenvalue weighted by Gasteiger charge is 2.47. The third-order valence-corrected chi connectivity index (χ3v) is 6.76. The maximum absolute atomic E-state index is 13.5. The van der Waals surface area contributed by atoms with Crippen LogP contribution >= 0.6 is 0 Å². The summed E-state index contributed by atoms with van der Waals surface area (Å²) in [5.41, 5.74) is -0.564. The van der Waals surface area contributed by atoms with Gasteiger partial charge in [-0.05, 0) is 42.9 Å². The van der Waals surface area contributed by atoms with Gasteiger partial charge >= 0.3 is 6.18 Å². The quantitative estimate of drug-likeness (QED) is 0.474. The predicted octanol–water partition coefficient (Wildman–Crippen LogP) is 5.47. The van der Waals surface area contributed by atoms with Gasteiger partial charge < -0.3 is 0 Å². The minimum atomic E-state index is -4.73. The fraction of sp³-hybridized carbons (Fsp3) is 0.500. The third-order valence-electron chi connectivity index (χ3n) is 4.75. The van der Waals surface area contributed by atoms with Crippen molar-refractivity contribution in [1.29, 1.82) is 0 Å². The van der Waals surface area contributed by atoms with Gasteiger partial charge in [0.25, 0.3) is 0 Å². The van der Waals surface area contributed by atoms with Crippen molar-refractivity contribution in [2.24, 2.45) is 12.5 Å². The smallest absolute Gasteiger partial charge is 0.201 e. The fourth-order valence-corrected chi connectivity index (χ4v) is 4.44. The number of hydrogen-bond donors (Lipinski definition) is 0. The lowest BCUT2D eigenvalue weighted by molar-refractivity contribution is -0.659. The van der Waals surface area contributed by atoms with Crippen LogP contribution in [0.25, 0.3) is 11.3 Å². The number of pyridine rings is 1. The summed E-state index contributed by atoms with van der Waals surface area (Å²) in [7, 11) is -0.159. The van der Waals surface area contributed by atoms with E-state index in [1.165, 1.54) is 12.1 Å². The Morgan fingerprint density at radius 2 is 1.74 bits per heavy atom. The number of aryl methyl sites for hydroxylation is 3. The highest BCUT2D eigenvalue weighted by molar-refractivity contribution is 6.88. The lowest BCUT2D eigenvalue weighted by atomic mass is 9.84. The summed E-state index contributed by atoms with van der Waals surface area (Å²) in [6.07, 6.45) is -5.54. The first-order valence-electron chi connectivity index (χ1n) is 11.4. The summed E-state index contributed by atoms with van der Waals surface area (Å²) in [4.78, 5) is 0. The van der Waals surface area contributed by atoms with Crippen LogP contribution in [0.4, 0.5) is 13.2 Å². The van der Waals surface area contributed by atoms with Crippen molar-refractivity contribution in [3.8, 4) is 11.3 Å². The first-order chi connectivity index (χ1) is 14.1. The molecule has 0 saturated carbocycles. The van der Waals surface area contributed by atoms with Crippen molar-refractivity contribution in [3.05, 3.63) is 47.2 Å². The molecule has 2 rings (SSSR count). The monoisotopic (exact) mass is 399 g/mol. The molecule has 0 atom stereocenters. The van der Waals surface area contributed by atoms with Crippen LogP contribution in [0, 0.1) is 19.2 Å². The van der Waals surface area contributed by atoms with Crippen LogP contribution in [-0.4, -0.2) is 14.3 Å². The molecule has 5 heteroatoms. The molecule has 0 fully saturated rings. The lowest BCUT2D eigenvalue weighted by Crippen LogP contribution is -2.46. The number of alkyl halides is 3. The summed E-state index contributed by atoms with van der Waals surface area (Å²) in [6, 6.07) is 5.99.